The number of carbonyl (C=O) groups excluding carboxylic acids is 1. The molecular weight excluding hydrogens is 420 g/mol. The number of ether oxygens (including phenoxy) is 3. The van der Waals surface area contributed by atoms with Gasteiger partial charge in [0.25, 0.3) is 5.91 Å². The van der Waals surface area contributed by atoms with Crippen molar-refractivity contribution in [3.63, 3.8) is 0 Å². The molecule has 4 rings (SSSR count). The second kappa shape index (κ2) is 8.49. The minimum atomic E-state index is -3.79. The van der Waals surface area contributed by atoms with Crippen molar-refractivity contribution in [3.8, 4) is 11.5 Å². The molecule has 2 aromatic rings. The van der Waals surface area contributed by atoms with Gasteiger partial charge in [-0.25, -0.2) is 8.42 Å². The summed E-state index contributed by atoms with van der Waals surface area (Å²) in [5.74, 6) is 0.950. The Bertz CT molecular complexity index is 1080. The Morgan fingerprint density at radius 3 is 2.55 bits per heavy atom. The van der Waals surface area contributed by atoms with E-state index in [1.165, 1.54) is 16.4 Å². The number of morpholine rings is 1. The zero-order valence-electron chi connectivity index (χ0n) is 17.6. The highest BCUT2D eigenvalue weighted by Crippen LogP contribution is 2.36. The topological polar surface area (TPSA) is 94.2 Å². The van der Waals surface area contributed by atoms with E-state index in [9.17, 15) is 13.2 Å². The lowest BCUT2D eigenvalue weighted by Gasteiger charge is -2.28. The van der Waals surface area contributed by atoms with E-state index < -0.39 is 21.3 Å². The third-order valence-electron chi connectivity index (χ3n) is 5.56. The highest BCUT2D eigenvalue weighted by Gasteiger charge is 2.31. The fraction of sp³-hybridized carbons (Fsp3) is 0.409. The summed E-state index contributed by atoms with van der Waals surface area (Å²) in [4.78, 5) is 13.0. The van der Waals surface area contributed by atoms with Crippen LogP contribution in [0.25, 0.3) is 0 Å². The molecule has 0 radical (unpaired) electrons. The zero-order valence-corrected chi connectivity index (χ0v) is 18.4. The number of hydrogen-bond donors (Lipinski definition) is 1. The van der Waals surface area contributed by atoms with Crippen LogP contribution in [0.1, 0.15) is 29.8 Å². The molecular formula is C22H26N2O6S. The number of rotatable bonds is 6. The Morgan fingerprint density at radius 2 is 1.77 bits per heavy atom. The molecule has 2 aromatic carbocycles. The molecule has 1 fully saturated rings. The van der Waals surface area contributed by atoms with Gasteiger partial charge in [-0.1, -0.05) is 32.0 Å². The summed E-state index contributed by atoms with van der Waals surface area (Å²) in [6.45, 7) is 5.75. The van der Waals surface area contributed by atoms with Crippen LogP contribution in [-0.4, -0.2) is 58.3 Å². The van der Waals surface area contributed by atoms with E-state index in [0.29, 0.717) is 31.3 Å². The number of nitrogens with zero attached hydrogens (tertiary/aromatic N) is 1. The van der Waals surface area contributed by atoms with Crippen molar-refractivity contribution in [1.29, 1.82) is 0 Å². The third-order valence-corrected chi connectivity index (χ3v) is 7.52. The quantitative estimate of drug-likeness (QED) is 0.731. The van der Waals surface area contributed by atoms with Gasteiger partial charge in [-0.3, -0.25) is 4.79 Å². The van der Waals surface area contributed by atoms with Gasteiger partial charge in [-0.05, 0) is 29.8 Å². The maximum absolute atomic E-state index is 13.1. The largest absolute Gasteiger partial charge is 0.454 e. The number of benzene rings is 2. The van der Waals surface area contributed by atoms with E-state index in [2.05, 4.69) is 5.32 Å². The highest BCUT2D eigenvalue weighted by atomic mass is 32.2. The average molecular weight is 447 g/mol. The van der Waals surface area contributed by atoms with Crippen LogP contribution in [0.3, 0.4) is 0 Å². The maximum Gasteiger partial charge on any atom is 0.252 e. The second-order valence-electron chi connectivity index (χ2n) is 8.15. The molecule has 0 atom stereocenters. The second-order valence-corrected chi connectivity index (χ2v) is 10.1. The molecule has 1 N–H and O–H groups in total. The summed E-state index contributed by atoms with van der Waals surface area (Å²) in [6, 6.07) is 12.0. The Labute approximate surface area is 182 Å². The number of carbonyl (C=O) groups is 1. The van der Waals surface area contributed by atoms with E-state index >= 15 is 0 Å². The van der Waals surface area contributed by atoms with Gasteiger partial charge in [0, 0.05) is 25.0 Å². The van der Waals surface area contributed by atoms with Crippen molar-refractivity contribution in [2.75, 3.05) is 39.6 Å². The molecule has 8 nitrogen and oxygen atoms in total. The Kier molecular flexibility index (Phi) is 5.92. The molecule has 0 spiro atoms. The molecule has 31 heavy (non-hydrogen) atoms. The first kappa shape index (κ1) is 21.6. The summed E-state index contributed by atoms with van der Waals surface area (Å²) < 4.78 is 43.6. The lowest BCUT2D eigenvalue weighted by Crippen LogP contribution is -2.42. The summed E-state index contributed by atoms with van der Waals surface area (Å²) in [5.41, 5.74) is 0.705. The number of hydrogen-bond acceptors (Lipinski definition) is 6. The van der Waals surface area contributed by atoms with Crippen molar-refractivity contribution in [1.82, 2.24) is 9.62 Å². The summed E-state index contributed by atoms with van der Waals surface area (Å²) >= 11 is 0. The van der Waals surface area contributed by atoms with E-state index in [-0.39, 0.29) is 30.3 Å². The molecule has 166 valence electrons. The van der Waals surface area contributed by atoms with Gasteiger partial charge >= 0.3 is 0 Å². The van der Waals surface area contributed by atoms with E-state index in [1.54, 1.807) is 12.1 Å². The van der Waals surface area contributed by atoms with Gasteiger partial charge in [0.05, 0.1) is 23.7 Å². The standard InChI is InChI=1S/C22H26N2O6S/c1-22(2,16-7-8-18-19(13-16)30-15-29-18)14-23-21(25)17-5-3-4-6-20(17)31(26,27)24-9-11-28-12-10-24/h3-8,13H,9-12,14-15H2,1-2H3,(H,23,25). The lowest BCUT2D eigenvalue weighted by atomic mass is 9.84. The number of amides is 1. The molecule has 1 amide bonds. The Morgan fingerprint density at radius 1 is 1.06 bits per heavy atom. The molecule has 1 saturated heterocycles. The fourth-order valence-electron chi connectivity index (χ4n) is 3.62. The van der Waals surface area contributed by atoms with E-state index in [1.807, 2.05) is 32.0 Å². The summed E-state index contributed by atoms with van der Waals surface area (Å²) in [6.07, 6.45) is 0. The summed E-state index contributed by atoms with van der Waals surface area (Å²) in [5, 5.41) is 2.90. The van der Waals surface area contributed by atoms with Crippen molar-refractivity contribution in [2.45, 2.75) is 24.2 Å². The number of sulfonamides is 1. The van der Waals surface area contributed by atoms with E-state index in [0.717, 1.165) is 5.56 Å². The van der Waals surface area contributed by atoms with Crippen molar-refractivity contribution in [3.05, 3.63) is 53.6 Å². The fourth-order valence-corrected chi connectivity index (χ4v) is 5.22. The smallest absolute Gasteiger partial charge is 0.252 e. The monoisotopic (exact) mass is 446 g/mol. The Balaban J connectivity index is 1.51. The van der Waals surface area contributed by atoms with Crippen LogP contribution in [0.4, 0.5) is 0 Å². The predicted octanol–water partition coefficient (Wildman–Crippen LogP) is 2.14. The highest BCUT2D eigenvalue weighted by molar-refractivity contribution is 7.89. The van der Waals surface area contributed by atoms with Crippen LogP contribution in [-0.2, 0) is 20.2 Å². The van der Waals surface area contributed by atoms with Crippen LogP contribution in [0.5, 0.6) is 11.5 Å². The van der Waals surface area contributed by atoms with Crippen LogP contribution in [0.15, 0.2) is 47.4 Å². The first-order valence-electron chi connectivity index (χ1n) is 10.1. The zero-order chi connectivity index (χ0) is 22.1. The minimum absolute atomic E-state index is 0.00952. The van der Waals surface area contributed by atoms with Crippen LogP contribution in [0, 0.1) is 0 Å². The van der Waals surface area contributed by atoms with Gasteiger partial charge < -0.3 is 19.5 Å². The first-order chi connectivity index (χ1) is 14.8. The molecule has 0 aliphatic carbocycles. The van der Waals surface area contributed by atoms with Crippen molar-refractivity contribution in [2.24, 2.45) is 0 Å². The van der Waals surface area contributed by atoms with Gasteiger partial charge in [0.2, 0.25) is 16.8 Å². The van der Waals surface area contributed by atoms with Crippen LogP contribution >= 0.6 is 0 Å². The number of fused-ring (bicyclic) bond motifs is 1. The molecule has 0 unspecified atom stereocenters. The van der Waals surface area contributed by atoms with Crippen molar-refractivity contribution >= 4 is 15.9 Å². The van der Waals surface area contributed by atoms with Crippen LogP contribution in [0.2, 0.25) is 0 Å². The maximum atomic E-state index is 13.1. The molecule has 0 bridgehead atoms. The molecule has 0 saturated carbocycles. The number of nitrogens with one attached hydrogen (secondary N) is 1. The SMILES string of the molecule is CC(C)(CNC(=O)c1ccccc1S(=O)(=O)N1CCOCC1)c1ccc2c(c1)OCO2. The summed E-state index contributed by atoms with van der Waals surface area (Å²) in [7, 11) is -3.79. The molecule has 0 aromatic heterocycles. The van der Waals surface area contributed by atoms with Crippen molar-refractivity contribution < 1.29 is 27.4 Å². The minimum Gasteiger partial charge on any atom is -0.454 e. The third kappa shape index (κ3) is 4.39. The molecule has 2 heterocycles. The lowest BCUT2D eigenvalue weighted by molar-refractivity contribution is 0.0729. The first-order valence-corrected chi connectivity index (χ1v) is 11.6. The van der Waals surface area contributed by atoms with E-state index in [4.69, 9.17) is 14.2 Å². The van der Waals surface area contributed by atoms with Gasteiger partial charge in [0.15, 0.2) is 11.5 Å². The van der Waals surface area contributed by atoms with Gasteiger partial charge in [-0.2, -0.15) is 4.31 Å². The predicted molar refractivity (Wildman–Crippen MR) is 114 cm³/mol. The van der Waals surface area contributed by atoms with Crippen LogP contribution < -0.4 is 14.8 Å². The molecule has 9 heteroatoms. The Hall–Kier alpha value is -2.62. The normalized spacial score (nSPS) is 16.8. The molecule has 2 aliphatic rings. The molecule has 2 aliphatic heterocycles. The van der Waals surface area contributed by atoms with Gasteiger partial charge in [0.1, 0.15) is 0 Å². The van der Waals surface area contributed by atoms with Gasteiger partial charge in [-0.15, -0.1) is 0 Å². The average Bonchev–Trinajstić information content (AvgIpc) is 3.26.